The second-order valence-electron chi connectivity index (χ2n) is 1.33. The SMILES string of the molecule is OCC(F)(F)OCCF. The average Bonchev–Trinajstić information content (AvgIpc) is 1.84. The van der Waals surface area contributed by atoms with Gasteiger partial charge in [0.05, 0.1) is 6.61 Å². The molecule has 0 aliphatic heterocycles. The molecule has 0 aliphatic carbocycles. The fraction of sp³-hybridized carbons (Fsp3) is 1.00. The second-order valence-corrected chi connectivity index (χ2v) is 1.33. The molecule has 0 spiro atoms. The zero-order valence-corrected chi connectivity index (χ0v) is 4.61. The normalized spacial score (nSPS) is 12.0. The summed E-state index contributed by atoms with van der Waals surface area (Å²) in [5, 5.41) is 7.82. The maximum absolute atomic E-state index is 11.7. The van der Waals surface area contributed by atoms with E-state index >= 15 is 0 Å². The van der Waals surface area contributed by atoms with Crippen LogP contribution < -0.4 is 0 Å². The Hall–Kier alpha value is -0.290. The summed E-state index contributed by atoms with van der Waals surface area (Å²) in [7, 11) is 0. The van der Waals surface area contributed by atoms with Gasteiger partial charge >= 0.3 is 6.11 Å². The molecule has 0 aromatic heterocycles. The largest absolute Gasteiger partial charge is 0.387 e. The first-order valence-electron chi connectivity index (χ1n) is 2.31. The van der Waals surface area contributed by atoms with Crippen molar-refractivity contribution in [2.45, 2.75) is 6.11 Å². The van der Waals surface area contributed by atoms with Gasteiger partial charge in [-0.3, -0.25) is 0 Å². The Morgan fingerprint density at radius 2 is 2.00 bits per heavy atom. The number of aliphatic hydroxyl groups excluding tert-OH is 1. The van der Waals surface area contributed by atoms with Gasteiger partial charge in [0.25, 0.3) is 0 Å². The Labute approximate surface area is 50.2 Å². The van der Waals surface area contributed by atoms with Gasteiger partial charge in [-0.25, -0.2) is 4.39 Å². The standard InChI is InChI=1S/C4H7F3O2/c5-1-2-9-4(6,7)3-8/h8H,1-3H2. The first-order chi connectivity index (χ1) is 4.12. The van der Waals surface area contributed by atoms with Crippen molar-refractivity contribution in [2.75, 3.05) is 19.9 Å². The van der Waals surface area contributed by atoms with E-state index in [0.29, 0.717) is 0 Å². The molecule has 9 heavy (non-hydrogen) atoms. The molecule has 0 radical (unpaired) electrons. The summed E-state index contributed by atoms with van der Waals surface area (Å²) >= 11 is 0. The number of hydrogen-bond donors (Lipinski definition) is 1. The van der Waals surface area contributed by atoms with Crippen LogP contribution in [-0.2, 0) is 4.74 Å². The van der Waals surface area contributed by atoms with Crippen LogP contribution in [0.5, 0.6) is 0 Å². The van der Waals surface area contributed by atoms with Gasteiger partial charge in [-0.15, -0.1) is 0 Å². The molecular weight excluding hydrogens is 137 g/mol. The van der Waals surface area contributed by atoms with Gasteiger partial charge in [0.1, 0.15) is 13.3 Å². The van der Waals surface area contributed by atoms with Crippen LogP contribution in [0.15, 0.2) is 0 Å². The molecule has 56 valence electrons. The van der Waals surface area contributed by atoms with Crippen molar-refractivity contribution in [3.63, 3.8) is 0 Å². The lowest BCUT2D eigenvalue weighted by molar-refractivity contribution is -0.257. The Morgan fingerprint density at radius 3 is 2.33 bits per heavy atom. The number of ether oxygens (including phenoxy) is 1. The van der Waals surface area contributed by atoms with Crippen LogP contribution in [0.4, 0.5) is 13.2 Å². The van der Waals surface area contributed by atoms with E-state index in [4.69, 9.17) is 5.11 Å². The van der Waals surface area contributed by atoms with Crippen LogP contribution in [0.2, 0.25) is 0 Å². The molecule has 0 rings (SSSR count). The van der Waals surface area contributed by atoms with Crippen molar-refractivity contribution >= 4 is 0 Å². The lowest BCUT2D eigenvalue weighted by atomic mass is 10.6. The van der Waals surface area contributed by atoms with Crippen molar-refractivity contribution in [1.29, 1.82) is 0 Å². The van der Waals surface area contributed by atoms with Gasteiger partial charge in [0, 0.05) is 0 Å². The molecule has 0 saturated carbocycles. The molecule has 2 nitrogen and oxygen atoms in total. The third kappa shape index (κ3) is 4.23. The van der Waals surface area contributed by atoms with Gasteiger partial charge in [-0.05, 0) is 0 Å². The molecule has 1 N–H and O–H groups in total. The van der Waals surface area contributed by atoms with Crippen molar-refractivity contribution in [2.24, 2.45) is 0 Å². The monoisotopic (exact) mass is 144 g/mol. The summed E-state index contributed by atoms with van der Waals surface area (Å²) in [4.78, 5) is 0. The highest BCUT2D eigenvalue weighted by atomic mass is 19.3. The zero-order valence-electron chi connectivity index (χ0n) is 4.61. The van der Waals surface area contributed by atoms with E-state index in [1.807, 2.05) is 0 Å². The fourth-order valence-electron chi connectivity index (χ4n) is 0.234. The Morgan fingerprint density at radius 1 is 1.44 bits per heavy atom. The minimum atomic E-state index is -3.59. The van der Waals surface area contributed by atoms with Crippen LogP contribution in [0.25, 0.3) is 0 Å². The molecular formula is C4H7F3O2. The van der Waals surface area contributed by atoms with E-state index in [1.165, 1.54) is 0 Å². The third-order valence-electron chi connectivity index (χ3n) is 0.574. The van der Waals surface area contributed by atoms with Crippen LogP contribution in [0, 0.1) is 0 Å². The van der Waals surface area contributed by atoms with Gasteiger partial charge < -0.3 is 9.84 Å². The van der Waals surface area contributed by atoms with Crippen LogP contribution in [0.3, 0.4) is 0 Å². The van der Waals surface area contributed by atoms with E-state index < -0.39 is 26.0 Å². The number of aliphatic hydroxyl groups is 1. The van der Waals surface area contributed by atoms with Crippen LogP contribution in [-0.4, -0.2) is 31.1 Å². The van der Waals surface area contributed by atoms with Gasteiger partial charge in [-0.1, -0.05) is 0 Å². The lowest BCUT2D eigenvalue weighted by Gasteiger charge is -2.11. The van der Waals surface area contributed by atoms with Crippen LogP contribution in [0.1, 0.15) is 0 Å². The van der Waals surface area contributed by atoms with E-state index in [2.05, 4.69) is 4.74 Å². The topological polar surface area (TPSA) is 29.5 Å². The molecule has 0 saturated heterocycles. The van der Waals surface area contributed by atoms with E-state index in [9.17, 15) is 13.2 Å². The summed E-state index contributed by atoms with van der Waals surface area (Å²) in [5.41, 5.74) is 0. The maximum Gasteiger partial charge on any atom is 0.378 e. The molecule has 0 fully saturated rings. The fourth-order valence-corrected chi connectivity index (χ4v) is 0.234. The Balaban J connectivity index is 3.33. The van der Waals surface area contributed by atoms with Crippen LogP contribution >= 0.6 is 0 Å². The van der Waals surface area contributed by atoms with Gasteiger partial charge in [0.2, 0.25) is 0 Å². The first-order valence-corrected chi connectivity index (χ1v) is 2.31. The molecule has 0 bridgehead atoms. The molecule has 0 unspecified atom stereocenters. The van der Waals surface area contributed by atoms with E-state index in [-0.39, 0.29) is 0 Å². The Bertz CT molecular complexity index is 76.2. The number of rotatable bonds is 4. The number of hydrogen-bond acceptors (Lipinski definition) is 2. The predicted octanol–water partition coefficient (Wildman–Crippen LogP) is 0.558. The zero-order chi connectivity index (χ0) is 7.33. The highest BCUT2D eigenvalue weighted by molar-refractivity contribution is 4.46. The minimum Gasteiger partial charge on any atom is -0.387 e. The summed E-state index contributed by atoms with van der Waals surface area (Å²) in [5.74, 6) is 0. The molecule has 5 heteroatoms. The summed E-state index contributed by atoms with van der Waals surface area (Å²) in [6.45, 7) is -3.07. The Kier molecular flexibility index (Phi) is 3.56. The molecule has 0 aliphatic rings. The highest BCUT2D eigenvalue weighted by Crippen LogP contribution is 2.12. The van der Waals surface area contributed by atoms with Crippen molar-refractivity contribution in [1.82, 2.24) is 0 Å². The number of halogens is 3. The first kappa shape index (κ1) is 8.71. The van der Waals surface area contributed by atoms with Crippen molar-refractivity contribution in [3.8, 4) is 0 Å². The molecule has 0 amide bonds. The quantitative estimate of drug-likeness (QED) is 0.624. The lowest BCUT2D eigenvalue weighted by Crippen LogP contribution is -2.26. The van der Waals surface area contributed by atoms with E-state index in [1.54, 1.807) is 0 Å². The van der Waals surface area contributed by atoms with E-state index in [0.717, 1.165) is 0 Å². The summed E-state index contributed by atoms with van der Waals surface area (Å²) < 4.78 is 38.1. The second kappa shape index (κ2) is 3.68. The average molecular weight is 144 g/mol. The predicted molar refractivity (Wildman–Crippen MR) is 24.0 cm³/mol. The van der Waals surface area contributed by atoms with Crippen molar-refractivity contribution in [3.05, 3.63) is 0 Å². The minimum absolute atomic E-state index is 0.687. The maximum atomic E-state index is 11.7. The molecule has 0 aromatic carbocycles. The van der Waals surface area contributed by atoms with Crippen molar-refractivity contribution < 1.29 is 23.0 Å². The molecule has 0 heterocycles. The van der Waals surface area contributed by atoms with Gasteiger partial charge in [0.15, 0.2) is 0 Å². The highest BCUT2D eigenvalue weighted by Gasteiger charge is 2.27. The number of alkyl halides is 3. The molecule has 0 aromatic rings. The molecule has 0 atom stereocenters. The summed E-state index contributed by atoms with van der Waals surface area (Å²) in [6, 6.07) is 0. The smallest absolute Gasteiger partial charge is 0.378 e. The summed E-state index contributed by atoms with van der Waals surface area (Å²) in [6.07, 6.45) is -3.59. The van der Waals surface area contributed by atoms with Gasteiger partial charge in [-0.2, -0.15) is 8.78 Å². The third-order valence-corrected chi connectivity index (χ3v) is 0.574.